The van der Waals surface area contributed by atoms with Crippen LogP contribution in [0.4, 0.5) is 0 Å². The summed E-state index contributed by atoms with van der Waals surface area (Å²) in [5.74, 6) is 0.333. The topological polar surface area (TPSA) is 32.6 Å². The van der Waals surface area contributed by atoms with Gasteiger partial charge in [-0.1, -0.05) is 151 Å². The van der Waals surface area contributed by atoms with Gasteiger partial charge < -0.3 is 9.13 Å². The molecule has 9 aromatic carbocycles. The first-order chi connectivity index (χ1) is 36.4. The fraction of sp³-hybridized carbons (Fsp3) is 0. The van der Waals surface area contributed by atoms with Gasteiger partial charge in [-0.05, 0) is 78.3 Å². The second kappa shape index (κ2) is 13.4. The molecule has 0 amide bonds. The van der Waals surface area contributed by atoms with Gasteiger partial charge in [0.25, 0.3) is 0 Å². The third kappa shape index (κ3) is 4.86. The first kappa shape index (κ1) is 26.0. The van der Waals surface area contributed by atoms with Crippen molar-refractivity contribution in [3.8, 4) is 34.1 Å². The fourth-order valence-corrected chi connectivity index (χ4v) is 10.0. The van der Waals surface area contributed by atoms with E-state index in [4.69, 9.17) is 10.5 Å². The summed E-state index contributed by atoms with van der Waals surface area (Å²) < 4.78 is 111. The summed E-state index contributed by atoms with van der Waals surface area (Å²) in [5, 5.41) is 5.21. The minimum Gasteiger partial charge on any atom is -0.309 e. The van der Waals surface area contributed by atoms with Crippen LogP contribution < -0.4 is 0 Å². The Hall–Kier alpha value is -8.67. The van der Waals surface area contributed by atoms with Crippen molar-refractivity contribution in [2.75, 3.05) is 0 Å². The van der Waals surface area contributed by atoms with Crippen LogP contribution in [0.25, 0.3) is 121 Å². The summed E-state index contributed by atoms with van der Waals surface area (Å²) >= 11 is 0. The van der Waals surface area contributed by atoms with E-state index in [1.165, 1.54) is 0 Å². The molecule has 0 saturated carbocycles. The molecule has 5 nitrogen and oxygen atoms in total. The van der Waals surface area contributed by atoms with E-state index in [0.29, 0.717) is 32.9 Å². The molecule has 298 valence electrons. The first-order valence-corrected chi connectivity index (χ1v) is 21.0. The fourth-order valence-electron chi connectivity index (χ4n) is 10.0. The van der Waals surface area contributed by atoms with E-state index in [0.717, 1.165) is 43.6 Å². The van der Waals surface area contributed by atoms with Gasteiger partial charge >= 0.3 is 0 Å². The molecule has 0 aliphatic heterocycles. The Bertz CT molecular complexity index is 4470. The molecule has 0 radical (unpaired) electrons. The zero-order chi connectivity index (χ0) is 51.5. The molecule has 0 bridgehead atoms. The second-order valence-corrected chi connectivity index (χ2v) is 15.9. The molecule has 0 atom stereocenters. The zero-order valence-corrected chi connectivity index (χ0v) is 33.7. The van der Waals surface area contributed by atoms with E-state index < -0.39 is 24.2 Å². The van der Waals surface area contributed by atoms with Crippen molar-refractivity contribution >= 4 is 87.2 Å². The number of benzene rings is 9. The van der Waals surface area contributed by atoms with Crippen LogP contribution in [0.3, 0.4) is 0 Å². The SMILES string of the molecule is [2H]c1c([2H])c(-n2c3ccccc3c3ccccc32)c(-c2cc(-n3c4ccccc4c4c([2H])c([2H])c([2H])c([2H])c43)nc(-n3c4ccccc4c4c([2H])c([2H])c([2H])c([2H])c43)c2)c(-n2c3ccccc3c3ccccc32)c1[2H]. The number of rotatable bonds is 5. The lowest BCUT2D eigenvalue weighted by atomic mass is 10.0. The summed E-state index contributed by atoms with van der Waals surface area (Å²) in [6.07, 6.45) is 0. The third-order valence-electron chi connectivity index (χ3n) is 12.6. The van der Waals surface area contributed by atoms with Gasteiger partial charge in [0.15, 0.2) is 0 Å². The number of aromatic nitrogens is 5. The van der Waals surface area contributed by atoms with Gasteiger partial charge in [0.1, 0.15) is 11.6 Å². The van der Waals surface area contributed by atoms with E-state index in [9.17, 15) is 9.60 Å². The Kier molecular flexibility index (Phi) is 5.44. The molecule has 64 heavy (non-hydrogen) atoms. The van der Waals surface area contributed by atoms with Crippen LogP contribution in [0, 0.1) is 0 Å². The lowest BCUT2D eigenvalue weighted by Gasteiger charge is -2.21. The Morgan fingerprint density at radius 3 is 0.984 bits per heavy atom. The van der Waals surface area contributed by atoms with Crippen molar-refractivity contribution in [3.05, 3.63) is 224 Å². The monoisotopic (exact) mass is 826 g/mol. The van der Waals surface area contributed by atoms with Crippen LogP contribution in [0.15, 0.2) is 224 Å². The lowest BCUT2D eigenvalue weighted by Crippen LogP contribution is -2.07. The molecular formula is C59H37N5. The molecule has 0 aliphatic rings. The number of pyridine rings is 1. The highest BCUT2D eigenvalue weighted by Crippen LogP contribution is 2.44. The van der Waals surface area contributed by atoms with Crippen molar-refractivity contribution in [1.82, 2.24) is 23.3 Å². The van der Waals surface area contributed by atoms with Gasteiger partial charge in [-0.2, -0.15) is 0 Å². The van der Waals surface area contributed by atoms with Crippen LogP contribution in [0.1, 0.15) is 15.1 Å². The van der Waals surface area contributed by atoms with Crippen LogP contribution in [-0.4, -0.2) is 23.3 Å². The molecule has 0 unspecified atom stereocenters. The Labute approximate surface area is 383 Å². The quantitative estimate of drug-likeness (QED) is 0.170. The van der Waals surface area contributed by atoms with E-state index >= 15 is 0 Å². The molecule has 14 rings (SSSR count). The minimum atomic E-state index is -0.447. The van der Waals surface area contributed by atoms with Crippen molar-refractivity contribution in [2.45, 2.75) is 0 Å². The summed E-state index contributed by atoms with van der Waals surface area (Å²) in [6, 6.07) is 45.9. The summed E-state index contributed by atoms with van der Waals surface area (Å²) in [6.45, 7) is 0. The molecule has 5 aromatic heterocycles. The van der Waals surface area contributed by atoms with Gasteiger partial charge in [-0.15, -0.1) is 0 Å². The normalized spacial score (nSPS) is 14.5. The van der Waals surface area contributed by atoms with Crippen molar-refractivity contribution in [1.29, 1.82) is 0 Å². The lowest BCUT2D eigenvalue weighted by molar-refractivity contribution is 1.01. The molecule has 5 heterocycles. The molecule has 0 spiro atoms. The van der Waals surface area contributed by atoms with Crippen molar-refractivity contribution < 1.29 is 15.1 Å². The number of fused-ring (bicyclic) bond motifs is 12. The summed E-state index contributed by atoms with van der Waals surface area (Å²) in [4.78, 5) is 5.41. The van der Waals surface area contributed by atoms with E-state index in [1.54, 1.807) is 45.5 Å². The molecule has 14 aromatic rings. The average Bonchev–Trinajstić information content (AvgIpc) is 4.20. The molecule has 0 N–H and O–H groups in total. The maximum Gasteiger partial charge on any atom is 0.140 e. The van der Waals surface area contributed by atoms with Crippen LogP contribution in [-0.2, 0) is 0 Å². The number of hydrogen-bond acceptors (Lipinski definition) is 1. The predicted octanol–water partition coefficient (Wildman–Crippen LogP) is 15.1. The van der Waals surface area contributed by atoms with E-state index in [1.807, 2.05) is 130 Å². The van der Waals surface area contributed by atoms with Crippen LogP contribution in [0.5, 0.6) is 0 Å². The smallest absolute Gasteiger partial charge is 0.140 e. The zero-order valence-electron chi connectivity index (χ0n) is 44.7. The third-order valence-corrected chi connectivity index (χ3v) is 12.6. The largest absolute Gasteiger partial charge is 0.309 e. The molecular weight excluding hydrogens is 779 g/mol. The summed E-state index contributed by atoms with van der Waals surface area (Å²) in [5.41, 5.74) is 5.57. The van der Waals surface area contributed by atoms with Gasteiger partial charge in [0.05, 0.1) is 70.6 Å². The number of para-hydroxylation sites is 8. The molecule has 5 heteroatoms. The number of hydrogen-bond donors (Lipinski definition) is 0. The molecule has 0 saturated heterocycles. The van der Waals surface area contributed by atoms with Gasteiger partial charge in [-0.25, -0.2) is 4.98 Å². The predicted molar refractivity (Wildman–Crippen MR) is 267 cm³/mol. The Morgan fingerprint density at radius 2 is 0.609 bits per heavy atom. The average molecular weight is 827 g/mol. The standard InChI is InChI=1S/C59H37N5/c1-9-26-47-39(18-1)40-19-2-10-27-48(40)61(47)55-34-17-35-56(62-49-28-11-3-20-41(49)42-21-4-12-29-50(42)62)59(55)38-36-57(63-51-30-13-5-22-43(51)44-23-6-14-31-52(44)63)60-58(37-38)64-53-32-15-7-24-45(53)46-25-8-16-33-54(46)64/h1-37H/i5D,7D,13D,15D,17D,22D,24D,30D,32D,34D,35D. The Balaban J connectivity index is 1.26. The number of nitrogens with zero attached hydrogens (tertiary/aromatic N) is 5. The van der Waals surface area contributed by atoms with E-state index in [2.05, 4.69) is 0 Å². The highest BCUT2D eigenvalue weighted by atomic mass is 15.1. The first-order valence-electron chi connectivity index (χ1n) is 26.5. The minimum absolute atomic E-state index is 0.149. The Morgan fingerprint density at radius 1 is 0.297 bits per heavy atom. The van der Waals surface area contributed by atoms with E-state index in [-0.39, 0.29) is 87.1 Å². The van der Waals surface area contributed by atoms with Crippen LogP contribution in [0.2, 0.25) is 0 Å². The maximum atomic E-state index is 10.2. The van der Waals surface area contributed by atoms with Crippen molar-refractivity contribution in [3.63, 3.8) is 0 Å². The second-order valence-electron chi connectivity index (χ2n) is 15.9. The highest BCUT2D eigenvalue weighted by Gasteiger charge is 2.25. The molecule has 0 fully saturated rings. The summed E-state index contributed by atoms with van der Waals surface area (Å²) in [7, 11) is 0. The van der Waals surface area contributed by atoms with Crippen molar-refractivity contribution in [2.24, 2.45) is 0 Å². The maximum absolute atomic E-state index is 10.2. The highest BCUT2D eigenvalue weighted by molar-refractivity contribution is 6.13. The van der Waals surface area contributed by atoms with Gasteiger partial charge in [-0.3, -0.25) is 9.13 Å². The molecule has 0 aliphatic carbocycles. The van der Waals surface area contributed by atoms with Crippen LogP contribution >= 0.6 is 0 Å². The van der Waals surface area contributed by atoms with Gasteiger partial charge in [0.2, 0.25) is 0 Å². The van der Waals surface area contributed by atoms with Gasteiger partial charge in [0, 0.05) is 48.7 Å².